The summed E-state index contributed by atoms with van der Waals surface area (Å²) in [6.07, 6.45) is 2.66. The Morgan fingerprint density at radius 1 is 1.05 bits per heavy atom. The Hall–Kier alpha value is -2.35. The van der Waals surface area contributed by atoms with Gasteiger partial charge in [0, 0.05) is 36.0 Å². The highest BCUT2D eigenvalue weighted by Gasteiger charge is 2.24. The van der Waals surface area contributed by atoms with Crippen molar-refractivity contribution >= 4 is 16.6 Å². The van der Waals surface area contributed by atoms with Crippen LogP contribution in [0.3, 0.4) is 0 Å². The molecule has 0 radical (unpaired) electrons. The highest BCUT2D eigenvalue weighted by molar-refractivity contribution is 6.02. The smallest absolute Gasteiger partial charge is 0.164 e. The van der Waals surface area contributed by atoms with Gasteiger partial charge in [-0.1, -0.05) is 36.4 Å². The zero-order valence-electron chi connectivity index (χ0n) is 13.0. The molecule has 0 bridgehead atoms. The van der Waals surface area contributed by atoms with Gasteiger partial charge in [-0.05, 0) is 42.2 Å². The monoisotopic (exact) mass is 289 g/mol. The Kier molecular flexibility index (Phi) is 2.93. The van der Waals surface area contributed by atoms with E-state index in [1.54, 1.807) is 0 Å². The van der Waals surface area contributed by atoms with Crippen LogP contribution in [0.5, 0.6) is 0 Å². The van der Waals surface area contributed by atoms with Crippen molar-refractivity contribution < 1.29 is 4.79 Å². The molecule has 0 fully saturated rings. The Labute approximate surface area is 130 Å². The van der Waals surface area contributed by atoms with Crippen molar-refractivity contribution in [3.05, 3.63) is 59.3 Å². The molecule has 1 aromatic heterocycles. The van der Waals surface area contributed by atoms with Gasteiger partial charge in [0.2, 0.25) is 0 Å². The predicted molar refractivity (Wildman–Crippen MR) is 90.4 cm³/mol. The third-order valence-corrected chi connectivity index (χ3v) is 4.87. The van der Waals surface area contributed by atoms with Crippen LogP contribution in [-0.2, 0) is 13.5 Å². The number of carbonyl (C=O) groups is 1. The predicted octanol–water partition coefficient (Wildman–Crippen LogP) is 4.67. The molecule has 0 atom stereocenters. The number of fused-ring (bicyclic) bond motifs is 2. The number of hydrogen-bond donors (Lipinski definition) is 0. The average molecular weight is 289 g/mol. The molecule has 0 aliphatic heterocycles. The van der Waals surface area contributed by atoms with Crippen molar-refractivity contribution in [3.63, 3.8) is 0 Å². The summed E-state index contributed by atoms with van der Waals surface area (Å²) in [4.78, 5) is 12.2. The molecular formula is C20H19NO. The fourth-order valence-corrected chi connectivity index (χ4v) is 3.70. The fraction of sp³-hybridized carbons (Fsp3) is 0.250. The number of ketones is 1. The van der Waals surface area contributed by atoms with Gasteiger partial charge < -0.3 is 4.57 Å². The van der Waals surface area contributed by atoms with Crippen LogP contribution in [0.2, 0.25) is 0 Å². The zero-order valence-corrected chi connectivity index (χ0v) is 13.0. The van der Waals surface area contributed by atoms with Crippen LogP contribution in [0.15, 0.2) is 42.5 Å². The second-order valence-electron chi connectivity index (χ2n) is 6.20. The van der Waals surface area contributed by atoms with Gasteiger partial charge in [-0.25, -0.2) is 0 Å². The van der Waals surface area contributed by atoms with E-state index in [4.69, 9.17) is 0 Å². The SMILES string of the molecule is Cc1ccc2ccccc2c1-c1cc2c(n1C)CCCC2=O. The second-order valence-corrected chi connectivity index (χ2v) is 6.20. The molecule has 2 nitrogen and oxygen atoms in total. The molecule has 4 rings (SSSR count). The molecule has 2 aromatic carbocycles. The standard InChI is InChI=1S/C20H19NO/c1-13-10-11-14-6-3-4-7-15(14)20(13)18-12-16-17(21(18)2)8-5-9-19(16)22/h3-4,6-7,10-12H,5,8-9H2,1-2H3. The van der Waals surface area contributed by atoms with E-state index in [0.29, 0.717) is 12.2 Å². The summed E-state index contributed by atoms with van der Waals surface area (Å²) in [7, 11) is 2.09. The maximum Gasteiger partial charge on any atom is 0.164 e. The van der Waals surface area contributed by atoms with Crippen molar-refractivity contribution in [1.82, 2.24) is 4.57 Å². The summed E-state index contributed by atoms with van der Waals surface area (Å²) in [6.45, 7) is 2.15. The molecule has 1 heterocycles. The van der Waals surface area contributed by atoms with Crippen LogP contribution < -0.4 is 0 Å². The highest BCUT2D eigenvalue weighted by atomic mass is 16.1. The molecule has 0 saturated heterocycles. The van der Waals surface area contributed by atoms with Gasteiger partial charge in [-0.2, -0.15) is 0 Å². The Balaban J connectivity index is 2.04. The first kappa shape index (κ1) is 13.3. The molecule has 1 aliphatic rings. The van der Waals surface area contributed by atoms with Crippen LogP contribution in [0, 0.1) is 6.92 Å². The summed E-state index contributed by atoms with van der Waals surface area (Å²) < 4.78 is 2.22. The van der Waals surface area contributed by atoms with Crippen molar-refractivity contribution in [3.8, 4) is 11.3 Å². The van der Waals surface area contributed by atoms with Crippen LogP contribution >= 0.6 is 0 Å². The molecule has 110 valence electrons. The quantitative estimate of drug-likeness (QED) is 0.638. The van der Waals surface area contributed by atoms with Gasteiger partial charge in [-0.3, -0.25) is 4.79 Å². The number of carbonyl (C=O) groups excluding carboxylic acids is 1. The molecule has 0 spiro atoms. The van der Waals surface area contributed by atoms with Crippen molar-refractivity contribution in [2.45, 2.75) is 26.2 Å². The minimum Gasteiger partial charge on any atom is -0.347 e. The molecule has 2 heteroatoms. The third kappa shape index (κ3) is 1.83. The van der Waals surface area contributed by atoms with Gasteiger partial charge in [0.25, 0.3) is 0 Å². The summed E-state index contributed by atoms with van der Waals surface area (Å²) in [6, 6.07) is 14.9. The van der Waals surface area contributed by atoms with Gasteiger partial charge in [0.05, 0.1) is 0 Å². The van der Waals surface area contributed by atoms with Crippen LogP contribution in [0.4, 0.5) is 0 Å². The maximum absolute atomic E-state index is 12.2. The maximum atomic E-state index is 12.2. The topological polar surface area (TPSA) is 22.0 Å². The van der Waals surface area contributed by atoms with E-state index < -0.39 is 0 Å². The molecule has 0 unspecified atom stereocenters. The Bertz CT molecular complexity index is 901. The summed E-state index contributed by atoms with van der Waals surface area (Å²) in [5, 5.41) is 2.50. The normalized spacial score (nSPS) is 14.4. The fourth-order valence-electron chi connectivity index (χ4n) is 3.70. The van der Waals surface area contributed by atoms with Gasteiger partial charge in [0.1, 0.15) is 0 Å². The highest BCUT2D eigenvalue weighted by Crippen LogP contribution is 2.36. The van der Waals surface area contributed by atoms with E-state index in [-0.39, 0.29) is 0 Å². The molecule has 1 aliphatic carbocycles. The van der Waals surface area contributed by atoms with E-state index in [9.17, 15) is 4.79 Å². The molecule has 22 heavy (non-hydrogen) atoms. The first-order chi connectivity index (χ1) is 10.7. The lowest BCUT2D eigenvalue weighted by Gasteiger charge is -2.14. The van der Waals surface area contributed by atoms with Gasteiger partial charge in [-0.15, -0.1) is 0 Å². The lowest BCUT2D eigenvalue weighted by atomic mass is 9.95. The molecule has 3 aromatic rings. The first-order valence-electron chi connectivity index (χ1n) is 7.87. The van der Waals surface area contributed by atoms with E-state index in [1.165, 1.54) is 27.6 Å². The van der Waals surface area contributed by atoms with E-state index in [0.717, 1.165) is 24.1 Å². The van der Waals surface area contributed by atoms with Crippen LogP contribution in [0.25, 0.3) is 22.0 Å². The van der Waals surface area contributed by atoms with E-state index >= 15 is 0 Å². The van der Waals surface area contributed by atoms with Gasteiger partial charge >= 0.3 is 0 Å². The minimum atomic E-state index is 0.293. The number of hydrogen-bond acceptors (Lipinski definition) is 1. The lowest BCUT2D eigenvalue weighted by molar-refractivity contribution is 0.0972. The molecule has 0 amide bonds. The molecule has 0 N–H and O–H groups in total. The van der Waals surface area contributed by atoms with E-state index in [1.807, 2.05) is 0 Å². The first-order valence-corrected chi connectivity index (χ1v) is 7.87. The zero-order chi connectivity index (χ0) is 15.3. The van der Waals surface area contributed by atoms with Crippen molar-refractivity contribution in [2.75, 3.05) is 0 Å². The Morgan fingerprint density at radius 2 is 1.86 bits per heavy atom. The number of benzene rings is 2. The molecule has 0 saturated carbocycles. The minimum absolute atomic E-state index is 0.293. The van der Waals surface area contributed by atoms with Crippen molar-refractivity contribution in [2.24, 2.45) is 7.05 Å². The number of Topliss-reactive ketones (excluding diaryl/α,β-unsaturated/α-hetero) is 1. The van der Waals surface area contributed by atoms with Crippen LogP contribution in [-0.4, -0.2) is 10.4 Å². The third-order valence-electron chi connectivity index (χ3n) is 4.87. The summed E-state index contributed by atoms with van der Waals surface area (Å²) >= 11 is 0. The van der Waals surface area contributed by atoms with Crippen LogP contribution in [0.1, 0.15) is 34.5 Å². The average Bonchev–Trinajstić information content (AvgIpc) is 2.86. The Morgan fingerprint density at radius 3 is 2.68 bits per heavy atom. The van der Waals surface area contributed by atoms with Crippen molar-refractivity contribution in [1.29, 1.82) is 0 Å². The molecular weight excluding hydrogens is 270 g/mol. The summed E-state index contributed by atoms with van der Waals surface area (Å²) in [5.74, 6) is 0.293. The largest absolute Gasteiger partial charge is 0.347 e. The second kappa shape index (κ2) is 4.84. The van der Waals surface area contributed by atoms with Gasteiger partial charge in [0.15, 0.2) is 5.78 Å². The lowest BCUT2D eigenvalue weighted by Crippen LogP contribution is -2.11. The van der Waals surface area contributed by atoms with E-state index in [2.05, 4.69) is 61.0 Å². The summed E-state index contributed by atoms with van der Waals surface area (Å²) in [5.41, 5.74) is 5.79. The number of nitrogens with zero attached hydrogens (tertiary/aromatic N) is 1. The number of aromatic nitrogens is 1. The number of aryl methyl sites for hydroxylation is 1. The number of rotatable bonds is 1.